The van der Waals surface area contributed by atoms with E-state index in [2.05, 4.69) is 10.4 Å². The molecule has 3 amide bonds. The molecule has 0 radical (unpaired) electrons. The van der Waals surface area contributed by atoms with Crippen LogP contribution in [0, 0.1) is 0 Å². The zero-order chi connectivity index (χ0) is 21.3. The molecule has 4 N–H and O–H groups in total. The molecule has 0 spiro atoms. The van der Waals surface area contributed by atoms with Gasteiger partial charge in [-0.25, -0.2) is 4.79 Å². The maximum atomic E-state index is 12.5. The van der Waals surface area contributed by atoms with E-state index in [4.69, 9.17) is 28.9 Å². The molecule has 0 fully saturated rings. The average molecular weight is 440 g/mol. The summed E-state index contributed by atoms with van der Waals surface area (Å²) in [6.07, 6.45) is 0.429. The number of nitrogens with one attached hydrogen (secondary N) is 1. The van der Waals surface area contributed by atoms with E-state index < -0.39 is 11.5 Å². The highest BCUT2D eigenvalue weighted by atomic mass is 35.5. The van der Waals surface area contributed by atoms with Crippen LogP contribution in [0.5, 0.6) is 0 Å². The predicted molar refractivity (Wildman–Crippen MR) is 111 cm³/mol. The van der Waals surface area contributed by atoms with Crippen molar-refractivity contribution in [1.82, 2.24) is 20.0 Å². The fraction of sp³-hybridized carbons (Fsp3) is 0.421. The van der Waals surface area contributed by atoms with E-state index in [9.17, 15) is 14.7 Å². The Balaban J connectivity index is 1.84. The molecule has 0 unspecified atom stereocenters. The Morgan fingerprint density at radius 2 is 2.00 bits per heavy atom. The summed E-state index contributed by atoms with van der Waals surface area (Å²) in [4.78, 5) is 26.3. The molecule has 1 aliphatic rings. The first kappa shape index (κ1) is 21.4. The number of halogens is 2. The maximum absolute atomic E-state index is 12.5. The number of nitrogens with zero attached hydrogens (tertiary/aromatic N) is 3. The molecule has 8 nitrogen and oxygen atoms in total. The Kier molecular flexibility index (Phi) is 6.07. The van der Waals surface area contributed by atoms with Gasteiger partial charge in [0, 0.05) is 18.7 Å². The summed E-state index contributed by atoms with van der Waals surface area (Å²) < 4.78 is 1.69. The Bertz CT molecular complexity index is 952. The van der Waals surface area contributed by atoms with Crippen LogP contribution in [0.2, 0.25) is 10.0 Å². The van der Waals surface area contributed by atoms with E-state index in [1.165, 1.54) is 0 Å². The van der Waals surface area contributed by atoms with Gasteiger partial charge < -0.3 is 21.1 Å². The quantitative estimate of drug-likeness (QED) is 0.663. The largest absolute Gasteiger partial charge is 0.390 e. The van der Waals surface area contributed by atoms with Gasteiger partial charge in [0.1, 0.15) is 5.69 Å². The molecule has 1 aromatic carbocycles. The monoisotopic (exact) mass is 439 g/mol. The number of carbonyl (C=O) groups is 2. The topological polar surface area (TPSA) is 113 Å². The van der Waals surface area contributed by atoms with E-state index in [1.807, 2.05) is 0 Å². The van der Waals surface area contributed by atoms with Crippen molar-refractivity contribution in [2.24, 2.45) is 5.73 Å². The zero-order valence-corrected chi connectivity index (χ0v) is 17.7. The van der Waals surface area contributed by atoms with Gasteiger partial charge in [0.15, 0.2) is 0 Å². The summed E-state index contributed by atoms with van der Waals surface area (Å²) in [5.74, 6) is -0.628. The summed E-state index contributed by atoms with van der Waals surface area (Å²) in [7, 11) is 0. The van der Waals surface area contributed by atoms with Gasteiger partial charge in [-0.2, -0.15) is 5.10 Å². The second kappa shape index (κ2) is 8.22. The fourth-order valence-corrected chi connectivity index (χ4v) is 3.48. The van der Waals surface area contributed by atoms with Gasteiger partial charge in [0.2, 0.25) is 0 Å². The normalized spacial score (nSPS) is 13.9. The molecule has 2 heterocycles. The summed E-state index contributed by atoms with van der Waals surface area (Å²) in [6.45, 7) is 4.76. The number of urea groups is 1. The van der Waals surface area contributed by atoms with Crippen LogP contribution in [0.25, 0.3) is 11.3 Å². The van der Waals surface area contributed by atoms with E-state index in [-0.39, 0.29) is 18.1 Å². The Morgan fingerprint density at radius 1 is 1.28 bits per heavy atom. The molecule has 3 rings (SSSR count). The number of aliphatic hydroxyl groups is 1. The van der Waals surface area contributed by atoms with E-state index in [0.717, 1.165) is 0 Å². The second-order valence-electron chi connectivity index (χ2n) is 7.60. The minimum atomic E-state index is -0.859. The van der Waals surface area contributed by atoms with Crippen molar-refractivity contribution in [3.05, 3.63) is 39.5 Å². The fourth-order valence-electron chi connectivity index (χ4n) is 3.18. The van der Waals surface area contributed by atoms with E-state index >= 15 is 0 Å². The summed E-state index contributed by atoms with van der Waals surface area (Å²) in [5, 5.41) is 17.8. The van der Waals surface area contributed by atoms with Gasteiger partial charge in [-0.05, 0) is 32.4 Å². The highest BCUT2D eigenvalue weighted by Gasteiger charge is 2.29. The first-order valence-corrected chi connectivity index (χ1v) is 9.92. The number of rotatable bonds is 5. The third kappa shape index (κ3) is 4.83. The number of carbonyl (C=O) groups excluding carboxylic acids is 2. The zero-order valence-electron chi connectivity index (χ0n) is 16.2. The molecule has 0 bridgehead atoms. The second-order valence-corrected chi connectivity index (χ2v) is 8.42. The smallest absolute Gasteiger partial charge is 0.317 e. The van der Waals surface area contributed by atoms with Crippen molar-refractivity contribution < 1.29 is 14.7 Å². The SMILES string of the molecule is CC(C)(O)CCNC(=O)N1CCn2nc(-c3ccc(Cl)c(Cl)c3)c(C(N)=O)c2C1. The number of amides is 3. The van der Waals surface area contributed by atoms with Gasteiger partial charge >= 0.3 is 6.03 Å². The van der Waals surface area contributed by atoms with Gasteiger partial charge in [-0.1, -0.05) is 29.3 Å². The lowest BCUT2D eigenvalue weighted by Gasteiger charge is -2.28. The Labute approximate surface area is 178 Å². The van der Waals surface area contributed by atoms with Crippen molar-refractivity contribution in [2.75, 3.05) is 13.1 Å². The average Bonchev–Trinajstić information content (AvgIpc) is 3.01. The van der Waals surface area contributed by atoms with Crippen LogP contribution in [-0.2, 0) is 13.1 Å². The number of benzene rings is 1. The summed E-state index contributed by atoms with van der Waals surface area (Å²) in [5.41, 5.74) is 6.65. The number of nitrogens with two attached hydrogens (primary N) is 1. The minimum Gasteiger partial charge on any atom is -0.390 e. The Hall–Kier alpha value is -2.29. The molecule has 0 saturated heterocycles. The van der Waals surface area contributed by atoms with Crippen molar-refractivity contribution >= 4 is 35.1 Å². The number of hydrogen-bond acceptors (Lipinski definition) is 4. The number of hydrogen-bond donors (Lipinski definition) is 3. The highest BCUT2D eigenvalue weighted by molar-refractivity contribution is 6.42. The molecule has 0 aliphatic carbocycles. The van der Waals surface area contributed by atoms with Crippen LogP contribution >= 0.6 is 23.2 Å². The van der Waals surface area contributed by atoms with Gasteiger partial charge in [-0.3, -0.25) is 9.48 Å². The lowest BCUT2D eigenvalue weighted by atomic mass is 10.0. The minimum absolute atomic E-state index is 0.195. The van der Waals surface area contributed by atoms with Gasteiger partial charge in [-0.15, -0.1) is 0 Å². The van der Waals surface area contributed by atoms with E-state index in [1.54, 1.807) is 41.6 Å². The first-order chi connectivity index (χ1) is 13.6. The molecular weight excluding hydrogens is 417 g/mol. The molecule has 0 saturated carbocycles. The predicted octanol–water partition coefficient (Wildman–Crippen LogP) is 2.64. The maximum Gasteiger partial charge on any atom is 0.317 e. The Morgan fingerprint density at radius 3 is 2.62 bits per heavy atom. The molecule has 29 heavy (non-hydrogen) atoms. The molecule has 1 aromatic heterocycles. The van der Waals surface area contributed by atoms with Crippen LogP contribution in [0.1, 0.15) is 36.3 Å². The van der Waals surface area contributed by atoms with Crippen molar-refractivity contribution in [3.63, 3.8) is 0 Å². The van der Waals surface area contributed by atoms with E-state index in [0.29, 0.717) is 53.1 Å². The van der Waals surface area contributed by atoms with Gasteiger partial charge in [0.05, 0.1) is 40.0 Å². The van der Waals surface area contributed by atoms with Crippen LogP contribution in [0.15, 0.2) is 18.2 Å². The van der Waals surface area contributed by atoms with Crippen LogP contribution in [0.3, 0.4) is 0 Å². The van der Waals surface area contributed by atoms with Crippen LogP contribution < -0.4 is 11.1 Å². The standard InChI is InChI=1S/C19H23Cl2N5O3/c1-19(2,29)5-6-23-18(28)25-7-8-26-14(10-25)15(17(22)27)16(24-26)11-3-4-12(20)13(21)9-11/h3-4,9,29H,5-8,10H2,1-2H3,(H2,22,27)(H,23,28). The highest BCUT2D eigenvalue weighted by Crippen LogP contribution is 2.32. The first-order valence-electron chi connectivity index (χ1n) is 9.17. The third-order valence-electron chi connectivity index (χ3n) is 4.72. The van der Waals surface area contributed by atoms with Crippen molar-refractivity contribution in [1.29, 1.82) is 0 Å². The van der Waals surface area contributed by atoms with Crippen LogP contribution in [-0.4, -0.2) is 50.4 Å². The number of fused-ring (bicyclic) bond motifs is 1. The van der Waals surface area contributed by atoms with Crippen LogP contribution in [0.4, 0.5) is 4.79 Å². The molecule has 156 valence electrons. The molecule has 0 atom stereocenters. The van der Waals surface area contributed by atoms with Crippen molar-refractivity contribution in [3.8, 4) is 11.3 Å². The molecular formula is C19H23Cl2N5O3. The number of primary amides is 1. The molecule has 2 aromatic rings. The lowest BCUT2D eigenvalue weighted by Crippen LogP contribution is -2.45. The third-order valence-corrected chi connectivity index (χ3v) is 5.46. The number of aromatic nitrogens is 2. The van der Waals surface area contributed by atoms with Gasteiger partial charge in [0.25, 0.3) is 5.91 Å². The summed E-state index contributed by atoms with van der Waals surface area (Å²) in [6, 6.07) is 4.71. The van der Waals surface area contributed by atoms with Crippen molar-refractivity contribution in [2.45, 2.75) is 39.0 Å². The summed E-state index contributed by atoms with van der Waals surface area (Å²) >= 11 is 12.1. The molecule has 1 aliphatic heterocycles. The molecule has 10 heteroatoms. The lowest BCUT2D eigenvalue weighted by molar-refractivity contribution is 0.0712.